The summed E-state index contributed by atoms with van der Waals surface area (Å²) in [6.07, 6.45) is 3.46. The van der Waals surface area contributed by atoms with Crippen LogP contribution in [0.5, 0.6) is 0 Å². The molecule has 0 aliphatic carbocycles. The molecule has 0 aliphatic heterocycles. The Hall–Kier alpha value is -1.62. The van der Waals surface area contributed by atoms with Gasteiger partial charge in [-0.05, 0) is 29.8 Å². The molecule has 1 heterocycles. The third-order valence-corrected chi connectivity index (χ3v) is 3.28. The maximum Gasteiger partial charge on any atom is 0.238 e. The Morgan fingerprint density at radius 1 is 1.20 bits per heavy atom. The molecule has 6 heteroatoms. The molecular weight excluding hydrogens is 297 g/mol. The predicted octanol–water partition coefficient (Wildman–Crippen LogP) is 3.12. The number of nitrogens with one attached hydrogen (secondary N) is 2. The summed E-state index contributed by atoms with van der Waals surface area (Å²) in [4.78, 5) is 15.7. The number of aromatic nitrogens is 1. The van der Waals surface area contributed by atoms with Gasteiger partial charge in [0.05, 0.1) is 16.6 Å². The van der Waals surface area contributed by atoms with Crippen molar-refractivity contribution in [2.24, 2.45) is 0 Å². The van der Waals surface area contributed by atoms with Crippen LogP contribution in [0, 0.1) is 0 Å². The zero-order chi connectivity index (χ0) is 14.4. The van der Waals surface area contributed by atoms with Crippen molar-refractivity contribution in [2.75, 3.05) is 11.9 Å². The van der Waals surface area contributed by atoms with Gasteiger partial charge in [-0.1, -0.05) is 29.3 Å². The fourth-order valence-electron chi connectivity index (χ4n) is 1.60. The summed E-state index contributed by atoms with van der Waals surface area (Å²) in [6.45, 7) is 0.789. The van der Waals surface area contributed by atoms with Crippen LogP contribution < -0.4 is 10.6 Å². The molecule has 0 aliphatic rings. The summed E-state index contributed by atoms with van der Waals surface area (Å²) >= 11 is 11.7. The summed E-state index contributed by atoms with van der Waals surface area (Å²) in [7, 11) is 0. The number of hydrogen-bond acceptors (Lipinski definition) is 3. The number of rotatable bonds is 5. The van der Waals surface area contributed by atoms with Gasteiger partial charge >= 0.3 is 0 Å². The first-order valence-electron chi connectivity index (χ1n) is 5.99. The van der Waals surface area contributed by atoms with Crippen molar-refractivity contribution >= 4 is 34.8 Å². The van der Waals surface area contributed by atoms with Gasteiger partial charge in [0.25, 0.3) is 0 Å². The molecule has 0 saturated carbocycles. The Balaban J connectivity index is 1.79. The van der Waals surface area contributed by atoms with Crippen LogP contribution in [-0.4, -0.2) is 17.4 Å². The van der Waals surface area contributed by atoms with Crippen molar-refractivity contribution < 1.29 is 4.79 Å². The number of hydrogen-bond donors (Lipinski definition) is 2. The summed E-state index contributed by atoms with van der Waals surface area (Å²) < 4.78 is 0. The van der Waals surface area contributed by atoms with Gasteiger partial charge in [0.2, 0.25) is 5.91 Å². The van der Waals surface area contributed by atoms with Crippen molar-refractivity contribution in [3.05, 3.63) is 58.3 Å². The maximum atomic E-state index is 11.7. The molecule has 1 aromatic heterocycles. The van der Waals surface area contributed by atoms with Crippen LogP contribution in [0.15, 0.2) is 42.7 Å². The topological polar surface area (TPSA) is 54.0 Å². The van der Waals surface area contributed by atoms with E-state index in [-0.39, 0.29) is 12.5 Å². The number of anilines is 1. The second-order valence-corrected chi connectivity index (χ2v) is 4.96. The fraction of sp³-hybridized carbons (Fsp3) is 0.143. The van der Waals surface area contributed by atoms with E-state index in [2.05, 4.69) is 15.6 Å². The zero-order valence-corrected chi connectivity index (χ0v) is 12.1. The molecule has 0 spiro atoms. The third-order valence-electron chi connectivity index (χ3n) is 2.54. The first-order valence-corrected chi connectivity index (χ1v) is 6.75. The Morgan fingerprint density at radius 2 is 2.05 bits per heavy atom. The van der Waals surface area contributed by atoms with Gasteiger partial charge in [0, 0.05) is 24.6 Å². The molecule has 0 radical (unpaired) electrons. The van der Waals surface area contributed by atoms with Crippen LogP contribution in [-0.2, 0) is 11.3 Å². The van der Waals surface area contributed by atoms with Gasteiger partial charge < -0.3 is 10.6 Å². The van der Waals surface area contributed by atoms with Gasteiger partial charge in [0.15, 0.2) is 0 Å². The monoisotopic (exact) mass is 309 g/mol. The third kappa shape index (κ3) is 4.49. The Morgan fingerprint density at radius 3 is 2.75 bits per heavy atom. The van der Waals surface area contributed by atoms with Gasteiger partial charge in [-0.15, -0.1) is 0 Å². The summed E-state index contributed by atoms with van der Waals surface area (Å²) in [5.41, 5.74) is 1.64. The highest BCUT2D eigenvalue weighted by Crippen LogP contribution is 2.24. The van der Waals surface area contributed by atoms with Gasteiger partial charge in [-0.3, -0.25) is 9.78 Å². The SMILES string of the molecule is O=C(CNCc1cccnc1)Nc1ccc(Cl)c(Cl)c1. The van der Waals surface area contributed by atoms with E-state index in [0.29, 0.717) is 22.3 Å². The second-order valence-electron chi connectivity index (χ2n) is 4.14. The molecule has 0 fully saturated rings. The van der Waals surface area contributed by atoms with Crippen LogP contribution in [0.25, 0.3) is 0 Å². The average Bonchev–Trinajstić information content (AvgIpc) is 2.44. The van der Waals surface area contributed by atoms with Crippen molar-refractivity contribution in [3.8, 4) is 0 Å². The lowest BCUT2D eigenvalue weighted by atomic mass is 10.3. The molecule has 2 aromatic rings. The standard InChI is InChI=1S/C14H13Cl2N3O/c15-12-4-3-11(6-13(12)16)19-14(20)9-18-8-10-2-1-5-17-7-10/h1-7,18H,8-9H2,(H,19,20). The van der Waals surface area contributed by atoms with Crippen molar-refractivity contribution in [1.82, 2.24) is 10.3 Å². The number of pyridine rings is 1. The molecular formula is C14H13Cl2N3O. The summed E-state index contributed by atoms with van der Waals surface area (Å²) in [5, 5.41) is 6.64. The number of nitrogens with zero attached hydrogens (tertiary/aromatic N) is 1. The van der Waals surface area contributed by atoms with Gasteiger partial charge in [0.1, 0.15) is 0 Å². The normalized spacial score (nSPS) is 10.3. The number of halogens is 2. The van der Waals surface area contributed by atoms with Crippen LogP contribution in [0.4, 0.5) is 5.69 Å². The highest BCUT2D eigenvalue weighted by Gasteiger charge is 2.04. The van der Waals surface area contributed by atoms with E-state index in [9.17, 15) is 4.79 Å². The van der Waals surface area contributed by atoms with Gasteiger partial charge in [-0.2, -0.15) is 0 Å². The molecule has 0 atom stereocenters. The highest BCUT2D eigenvalue weighted by atomic mass is 35.5. The number of carbonyl (C=O) groups excluding carboxylic acids is 1. The Bertz CT molecular complexity index is 590. The largest absolute Gasteiger partial charge is 0.325 e. The molecule has 2 rings (SSSR count). The van der Waals surface area contributed by atoms with E-state index in [1.807, 2.05) is 12.1 Å². The molecule has 104 valence electrons. The summed E-state index contributed by atoms with van der Waals surface area (Å²) in [5.74, 6) is -0.146. The van der Waals surface area contributed by atoms with E-state index < -0.39 is 0 Å². The first kappa shape index (κ1) is 14.8. The van der Waals surface area contributed by atoms with Crippen LogP contribution in [0.3, 0.4) is 0 Å². The minimum absolute atomic E-state index is 0.146. The fourth-order valence-corrected chi connectivity index (χ4v) is 1.90. The maximum absolute atomic E-state index is 11.7. The minimum atomic E-state index is -0.146. The Kier molecular flexibility index (Phi) is 5.35. The molecule has 4 nitrogen and oxygen atoms in total. The lowest BCUT2D eigenvalue weighted by Gasteiger charge is -2.07. The van der Waals surface area contributed by atoms with Crippen LogP contribution in [0.2, 0.25) is 10.0 Å². The smallest absolute Gasteiger partial charge is 0.238 e. The van der Waals surface area contributed by atoms with Crippen molar-refractivity contribution in [3.63, 3.8) is 0 Å². The molecule has 0 unspecified atom stereocenters. The number of benzene rings is 1. The van der Waals surface area contributed by atoms with E-state index >= 15 is 0 Å². The van der Waals surface area contributed by atoms with E-state index in [4.69, 9.17) is 23.2 Å². The van der Waals surface area contributed by atoms with Crippen molar-refractivity contribution in [1.29, 1.82) is 0 Å². The Labute approximate surface area is 127 Å². The van der Waals surface area contributed by atoms with E-state index in [1.54, 1.807) is 30.6 Å². The molecule has 2 N–H and O–H groups in total. The van der Waals surface area contributed by atoms with Crippen LogP contribution in [0.1, 0.15) is 5.56 Å². The first-order chi connectivity index (χ1) is 9.65. The lowest BCUT2D eigenvalue weighted by molar-refractivity contribution is -0.115. The van der Waals surface area contributed by atoms with Crippen molar-refractivity contribution in [2.45, 2.75) is 6.54 Å². The number of carbonyl (C=O) groups is 1. The molecule has 0 saturated heterocycles. The minimum Gasteiger partial charge on any atom is -0.325 e. The predicted molar refractivity (Wildman–Crippen MR) is 81.0 cm³/mol. The van der Waals surface area contributed by atoms with E-state index in [0.717, 1.165) is 5.56 Å². The molecule has 1 aromatic carbocycles. The number of amides is 1. The van der Waals surface area contributed by atoms with E-state index in [1.165, 1.54) is 0 Å². The molecule has 1 amide bonds. The lowest BCUT2D eigenvalue weighted by Crippen LogP contribution is -2.27. The highest BCUT2D eigenvalue weighted by molar-refractivity contribution is 6.42. The van der Waals surface area contributed by atoms with Gasteiger partial charge in [-0.25, -0.2) is 0 Å². The second kappa shape index (κ2) is 7.24. The average molecular weight is 310 g/mol. The quantitative estimate of drug-likeness (QED) is 0.892. The molecule has 0 bridgehead atoms. The summed E-state index contributed by atoms with van der Waals surface area (Å²) in [6, 6.07) is 8.75. The van der Waals surface area contributed by atoms with Crippen LogP contribution >= 0.6 is 23.2 Å². The zero-order valence-electron chi connectivity index (χ0n) is 10.6. The molecule has 20 heavy (non-hydrogen) atoms.